The summed E-state index contributed by atoms with van der Waals surface area (Å²) >= 11 is 0. The number of hydrogen-bond acceptors (Lipinski definition) is 3. The summed E-state index contributed by atoms with van der Waals surface area (Å²) in [7, 11) is 0. The molecule has 0 aromatic heterocycles. The molecule has 0 heterocycles. The van der Waals surface area contributed by atoms with Crippen LogP contribution >= 0.6 is 0 Å². The fourth-order valence-electron chi connectivity index (χ4n) is 1.50. The third-order valence-corrected chi connectivity index (χ3v) is 2.25. The largest absolute Gasteiger partial charge is 0.494 e. The van der Waals surface area contributed by atoms with E-state index in [4.69, 9.17) is 10.5 Å². The maximum Gasteiger partial charge on any atom is 0.240 e. The number of ether oxygens (including phenoxy) is 1. The normalized spacial score (nSPS) is 9.94. The zero-order valence-electron chi connectivity index (χ0n) is 9.77. The number of nitrogens with two attached hydrogens (primary N) is 1. The molecule has 0 bridgehead atoms. The molecule has 1 rings (SSSR count). The van der Waals surface area contributed by atoms with Crippen molar-refractivity contribution < 1.29 is 9.53 Å². The van der Waals surface area contributed by atoms with Gasteiger partial charge in [-0.25, -0.2) is 0 Å². The monoisotopic (exact) mass is 222 g/mol. The highest BCUT2D eigenvalue weighted by molar-refractivity contribution is 5.94. The lowest BCUT2D eigenvalue weighted by Crippen LogP contribution is -2.35. The minimum Gasteiger partial charge on any atom is -0.494 e. The molecule has 0 aliphatic heterocycles. The maximum absolute atomic E-state index is 11.5. The lowest BCUT2D eigenvalue weighted by Gasteiger charge is -2.20. The van der Waals surface area contributed by atoms with Crippen LogP contribution in [0.2, 0.25) is 0 Å². The van der Waals surface area contributed by atoms with Crippen LogP contribution in [0.4, 0.5) is 5.69 Å². The summed E-state index contributed by atoms with van der Waals surface area (Å²) < 4.78 is 5.33. The van der Waals surface area contributed by atoms with Gasteiger partial charge >= 0.3 is 0 Å². The number of carbonyl (C=O) groups is 1. The van der Waals surface area contributed by atoms with Crippen molar-refractivity contribution in [2.45, 2.75) is 13.8 Å². The van der Waals surface area contributed by atoms with Gasteiger partial charge in [-0.05, 0) is 38.1 Å². The Labute approximate surface area is 96.0 Å². The predicted octanol–water partition coefficient (Wildman–Crippen LogP) is 1.40. The number of hydrogen-bond donors (Lipinski definition) is 1. The molecule has 0 aliphatic rings. The molecule has 0 aliphatic carbocycles. The van der Waals surface area contributed by atoms with Gasteiger partial charge in [0.15, 0.2) is 0 Å². The molecule has 16 heavy (non-hydrogen) atoms. The Kier molecular flexibility index (Phi) is 4.79. The number of likely N-dealkylation sites (N-methyl/N-ethyl adjacent to an activating group) is 1. The lowest BCUT2D eigenvalue weighted by atomic mass is 10.2. The minimum absolute atomic E-state index is 0.0288. The second-order valence-electron chi connectivity index (χ2n) is 3.27. The van der Waals surface area contributed by atoms with Gasteiger partial charge in [-0.1, -0.05) is 0 Å². The number of nitrogens with zero attached hydrogens (tertiary/aromatic N) is 1. The van der Waals surface area contributed by atoms with E-state index in [0.717, 1.165) is 11.4 Å². The number of benzene rings is 1. The molecule has 0 saturated carbocycles. The predicted molar refractivity (Wildman–Crippen MR) is 64.7 cm³/mol. The Morgan fingerprint density at radius 2 is 1.94 bits per heavy atom. The fourth-order valence-corrected chi connectivity index (χ4v) is 1.50. The molecule has 1 amide bonds. The van der Waals surface area contributed by atoms with E-state index in [-0.39, 0.29) is 12.5 Å². The van der Waals surface area contributed by atoms with E-state index in [9.17, 15) is 4.79 Å². The van der Waals surface area contributed by atoms with Crippen molar-refractivity contribution in [2.75, 3.05) is 24.6 Å². The Bertz CT molecular complexity index is 335. The molecule has 0 unspecified atom stereocenters. The van der Waals surface area contributed by atoms with Crippen molar-refractivity contribution in [3.05, 3.63) is 24.3 Å². The van der Waals surface area contributed by atoms with Crippen molar-refractivity contribution in [1.82, 2.24) is 0 Å². The Morgan fingerprint density at radius 1 is 1.31 bits per heavy atom. The van der Waals surface area contributed by atoms with E-state index in [0.29, 0.717) is 13.2 Å². The van der Waals surface area contributed by atoms with Crippen LogP contribution in [0.5, 0.6) is 5.75 Å². The highest BCUT2D eigenvalue weighted by Gasteiger charge is 2.11. The summed E-state index contributed by atoms with van der Waals surface area (Å²) in [5.41, 5.74) is 6.20. The number of anilines is 1. The van der Waals surface area contributed by atoms with Gasteiger partial charge < -0.3 is 15.4 Å². The quantitative estimate of drug-likeness (QED) is 0.819. The van der Waals surface area contributed by atoms with Crippen LogP contribution in [0, 0.1) is 0 Å². The Balaban J connectivity index is 2.82. The van der Waals surface area contributed by atoms with Crippen LogP contribution in [-0.4, -0.2) is 25.6 Å². The Hall–Kier alpha value is -1.55. The molecule has 0 fully saturated rings. The first-order valence-electron chi connectivity index (χ1n) is 5.46. The fraction of sp³-hybridized carbons (Fsp3) is 0.417. The van der Waals surface area contributed by atoms with Crippen LogP contribution in [0.15, 0.2) is 24.3 Å². The standard InChI is InChI=1S/C12H18N2O2/c1-3-14(12(15)9-13)10-5-7-11(8-6-10)16-4-2/h5-8H,3-4,9,13H2,1-2H3. The van der Waals surface area contributed by atoms with E-state index >= 15 is 0 Å². The summed E-state index contributed by atoms with van der Waals surface area (Å²) in [5, 5.41) is 0. The molecular formula is C12H18N2O2. The smallest absolute Gasteiger partial charge is 0.240 e. The highest BCUT2D eigenvalue weighted by atomic mass is 16.5. The van der Waals surface area contributed by atoms with E-state index in [1.807, 2.05) is 38.1 Å². The van der Waals surface area contributed by atoms with Crippen LogP contribution in [0.3, 0.4) is 0 Å². The SMILES string of the molecule is CCOc1ccc(N(CC)C(=O)CN)cc1. The van der Waals surface area contributed by atoms with E-state index < -0.39 is 0 Å². The van der Waals surface area contributed by atoms with Crippen molar-refractivity contribution >= 4 is 11.6 Å². The molecule has 4 nitrogen and oxygen atoms in total. The molecule has 0 radical (unpaired) electrons. The zero-order valence-corrected chi connectivity index (χ0v) is 9.77. The van der Waals surface area contributed by atoms with Crippen molar-refractivity contribution in [3.8, 4) is 5.75 Å². The first-order chi connectivity index (χ1) is 7.72. The van der Waals surface area contributed by atoms with Crippen molar-refractivity contribution in [3.63, 3.8) is 0 Å². The van der Waals surface area contributed by atoms with Crippen LogP contribution in [0.25, 0.3) is 0 Å². The third kappa shape index (κ3) is 2.97. The highest BCUT2D eigenvalue weighted by Crippen LogP contribution is 2.19. The molecule has 88 valence electrons. The van der Waals surface area contributed by atoms with Crippen molar-refractivity contribution in [2.24, 2.45) is 5.73 Å². The van der Waals surface area contributed by atoms with E-state index in [1.54, 1.807) is 4.90 Å². The molecule has 4 heteroatoms. The summed E-state index contributed by atoms with van der Waals surface area (Å²) in [6, 6.07) is 7.43. The van der Waals surface area contributed by atoms with Crippen molar-refractivity contribution in [1.29, 1.82) is 0 Å². The molecule has 0 saturated heterocycles. The molecular weight excluding hydrogens is 204 g/mol. The summed E-state index contributed by atoms with van der Waals surface area (Å²) in [5.74, 6) is 0.731. The summed E-state index contributed by atoms with van der Waals surface area (Å²) in [6.07, 6.45) is 0. The summed E-state index contributed by atoms with van der Waals surface area (Å²) in [6.45, 7) is 5.14. The van der Waals surface area contributed by atoms with Gasteiger partial charge in [-0.2, -0.15) is 0 Å². The minimum atomic E-state index is -0.0772. The topological polar surface area (TPSA) is 55.6 Å². The van der Waals surface area contributed by atoms with Gasteiger partial charge in [0.2, 0.25) is 5.91 Å². The van der Waals surface area contributed by atoms with E-state index in [1.165, 1.54) is 0 Å². The van der Waals surface area contributed by atoms with Gasteiger partial charge in [-0.15, -0.1) is 0 Å². The van der Waals surface area contributed by atoms with Crippen LogP contribution in [0.1, 0.15) is 13.8 Å². The van der Waals surface area contributed by atoms with E-state index in [2.05, 4.69) is 0 Å². The third-order valence-electron chi connectivity index (χ3n) is 2.25. The second-order valence-corrected chi connectivity index (χ2v) is 3.27. The second kappa shape index (κ2) is 6.12. The zero-order chi connectivity index (χ0) is 12.0. The lowest BCUT2D eigenvalue weighted by molar-refractivity contribution is -0.117. The van der Waals surface area contributed by atoms with Crippen LogP contribution < -0.4 is 15.4 Å². The molecule has 2 N–H and O–H groups in total. The van der Waals surface area contributed by atoms with Gasteiger partial charge in [0.1, 0.15) is 5.75 Å². The molecule has 1 aromatic carbocycles. The van der Waals surface area contributed by atoms with Gasteiger partial charge in [0, 0.05) is 12.2 Å². The van der Waals surface area contributed by atoms with Gasteiger partial charge in [-0.3, -0.25) is 4.79 Å². The first kappa shape index (κ1) is 12.5. The number of rotatable bonds is 5. The number of amides is 1. The molecule has 1 aromatic rings. The van der Waals surface area contributed by atoms with Crippen LogP contribution in [-0.2, 0) is 4.79 Å². The molecule has 0 spiro atoms. The van der Waals surface area contributed by atoms with Gasteiger partial charge in [0.05, 0.1) is 13.2 Å². The number of carbonyl (C=O) groups excluding carboxylic acids is 1. The average Bonchev–Trinajstić information content (AvgIpc) is 2.32. The van der Waals surface area contributed by atoms with Gasteiger partial charge in [0.25, 0.3) is 0 Å². The Morgan fingerprint density at radius 3 is 2.38 bits per heavy atom. The molecule has 0 atom stereocenters. The average molecular weight is 222 g/mol. The summed E-state index contributed by atoms with van der Waals surface area (Å²) in [4.78, 5) is 13.2. The maximum atomic E-state index is 11.5. The first-order valence-corrected chi connectivity index (χ1v) is 5.46.